The summed E-state index contributed by atoms with van der Waals surface area (Å²) >= 11 is 5.07. The lowest BCUT2D eigenvalue weighted by Gasteiger charge is -2.04. The Balaban J connectivity index is 2.45. The summed E-state index contributed by atoms with van der Waals surface area (Å²) < 4.78 is 5.55. The van der Waals surface area contributed by atoms with Crippen LogP contribution in [0.15, 0.2) is 24.7 Å². The molecule has 0 aliphatic heterocycles. The quantitative estimate of drug-likeness (QED) is 0.819. The number of aromatic nitrogens is 4. The maximum atomic E-state index is 5.07. The van der Waals surface area contributed by atoms with Crippen molar-refractivity contribution in [3.8, 4) is 11.5 Å². The predicted molar refractivity (Wildman–Crippen MR) is 61.2 cm³/mol. The van der Waals surface area contributed by atoms with Gasteiger partial charge in [-0.05, 0) is 12.1 Å². The lowest BCUT2D eigenvalue weighted by Crippen LogP contribution is -1.98. The lowest BCUT2D eigenvalue weighted by atomic mass is 10.3. The molecule has 16 heavy (non-hydrogen) atoms. The molecule has 0 bridgehead atoms. The number of hydrogen-bond acceptors (Lipinski definition) is 5. The molecule has 2 heterocycles. The number of H-pyrrole nitrogens is 1. The van der Waals surface area contributed by atoms with Crippen LogP contribution in [0.25, 0.3) is 11.5 Å². The maximum absolute atomic E-state index is 5.07. The van der Waals surface area contributed by atoms with Crippen LogP contribution >= 0.6 is 12.2 Å². The van der Waals surface area contributed by atoms with Gasteiger partial charge < -0.3 is 9.72 Å². The molecular formula is C10H10N4OS. The van der Waals surface area contributed by atoms with Crippen molar-refractivity contribution in [3.05, 3.63) is 35.0 Å². The normalized spacial score (nSPS) is 10.3. The molecule has 0 amide bonds. The van der Waals surface area contributed by atoms with Gasteiger partial charge >= 0.3 is 0 Å². The third-order valence-corrected chi connectivity index (χ3v) is 2.13. The molecule has 0 aliphatic carbocycles. The molecule has 0 aromatic carbocycles. The Morgan fingerprint density at radius 2 is 2.38 bits per heavy atom. The zero-order chi connectivity index (χ0) is 11.4. The lowest BCUT2D eigenvalue weighted by molar-refractivity contribution is 0.181. The molecule has 0 aliphatic rings. The van der Waals surface area contributed by atoms with Crippen LogP contribution in [-0.2, 0) is 11.3 Å². The Kier molecular flexibility index (Phi) is 3.33. The number of rotatable bonds is 3. The molecule has 5 nitrogen and oxygen atoms in total. The highest BCUT2D eigenvalue weighted by Crippen LogP contribution is 2.11. The Hall–Kier alpha value is -1.66. The van der Waals surface area contributed by atoms with Crippen molar-refractivity contribution in [1.82, 2.24) is 19.9 Å². The molecule has 0 spiro atoms. The van der Waals surface area contributed by atoms with Crippen molar-refractivity contribution in [1.29, 1.82) is 0 Å². The fourth-order valence-corrected chi connectivity index (χ4v) is 1.53. The largest absolute Gasteiger partial charge is 0.378 e. The summed E-state index contributed by atoms with van der Waals surface area (Å²) in [5.74, 6) is 0.627. The van der Waals surface area contributed by atoms with Crippen molar-refractivity contribution in [2.24, 2.45) is 0 Å². The summed E-state index contributed by atoms with van der Waals surface area (Å²) in [5.41, 5.74) is 1.58. The number of nitrogens with one attached hydrogen (secondary N) is 1. The van der Waals surface area contributed by atoms with Crippen LogP contribution in [-0.4, -0.2) is 27.0 Å². The van der Waals surface area contributed by atoms with Crippen LogP contribution in [0.2, 0.25) is 0 Å². The van der Waals surface area contributed by atoms with Crippen molar-refractivity contribution < 1.29 is 4.74 Å². The number of hydrogen-bond donors (Lipinski definition) is 1. The second-order valence-corrected chi connectivity index (χ2v) is 3.54. The monoisotopic (exact) mass is 234 g/mol. The van der Waals surface area contributed by atoms with E-state index >= 15 is 0 Å². The van der Waals surface area contributed by atoms with E-state index in [2.05, 4.69) is 19.9 Å². The molecule has 2 rings (SSSR count). The van der Waals surface area contributed by atoms with Gasteiger partial charge in [0.05, 0.1) is 6.61 Å². The van der Waals surface area contributed by atoms with Crippen LogP contribution < -0.4 is 0 Å². The topological polar surface area (TPSA) is 63.7 Å². The van der Waals surface area contributed by atoms with Gasteiger partial charge in [0.2, 0.25) is 0 Å². The van der Waals surface area contributed by atoms with E-state index in [9.17, 15) is 0 Å². The molecule has 1 N–H and O–H groups in total. The summed E-state index contributed by atoms with van der Waals surface area (Å²) in [7, 11) is 1.63. The Morgan fingerprint density at radius 3 is 3.06 bits per heavy atom. The fourth-order valence-electron chi connectivity index (χ4n) is 1.29. The van der Waals surface area contributed by atoms with Crippen LogP contribution in [0, 0.1) is 4.64 Å². The van der Waals surface area contributed by atoms with Crippen LogP contribution in [0.5, 0.6) is 0 Å². The first-order valence-electron chi connectivity index (χ1n) is 4.65. The van der Waals surface area contributed by atoms with E-state index in [4.69, 9.17) is 17.0 Å². The Bertz CT molecular complexity index is 526. The summed E-state index contributed by atoms with van der Waals surface area (Å²) in [6, 6.07) is 3.54. The number of nitrogens with zero attached hydrogens (tertiary/aromatic N) is 3. The van der Waals surface area contributed by atoms with Gasteiger partial charge in [-0.15, -0.1) is 0 Å². The molecule has 0 atom stereocenters. The molecule has 2 aromatic rings. The highest BCUT2D eigenvalue weighted by molar-refractivity contribution is 7.71. The van der Waals surface area contributed by atoms with Gasteiger partial charge in [0.1, 0.15) is 16.7 Å². The smallest absolute Gasteiger partial charge is 0.158 e. The third kappa shape index (κ3) is 2.47. The molecule has 0 radical (unpaired) electrons. The van der Waals surface area contributed by atoms with Gasteiger partial charge in [-0.1, -0.05) is 12.2 Å². The number of ether oxygens (including phenoxy) is 1. The summed E-state index contributed by atoms with van der Waals surface area (Å²) in [6.45, 7) is 0.463. The predicted octanol–water partition coefficient (Wildman–Crippen LogP) is 1.74. The van der Waals surface area contributed by atoms with Gasteiger partial charge in [0.25, 0.3) is 0 Å². The third-order valence-electron chi connectivity index (χ3n) is 1.92. The minimum atomic E-state index is 0.463. The molecule has 0 saturated heterocycles. The summed E-state index contributed by atoms with van der Waals surface area (Å²) in [5, 5.41) is 0. The molecule has 0 saturated carbocycles. The maximum Gasteiger partial charge on any atom is 0.158 e. The summed E-state index contributed by atoms with van der Waals surface area (Å²) in [4.78, 5) is 15.3. The van der Waals surface area contributed by atoms with Gasteiger partial charge in [-0.2, -0.15) is 0 Å². The molecule has 82 valence electrons. The SMILES string of the molecule is COCc1cc(=S)nc(-c2ccncn2)[nH]1. The highest BCUT2D eigenvalue weighted by atomic mass is 32.1. The van der Waals surface area contributed by atoms with Gasteiger partial charge in [-0.25, -0.2) is 15.0 Å². The first-order chi connectivity index (χ1) is 7.79. The second-order valence-electron chi connectivity index (χ2n) is 3.12. The van der Waals surface area contributed by atoms with Crippen LogP contribution in [0.4, 0.5) is 0 Å². The molecule has 0 fully saturated rings. The van der Waals surface area contributed by atoms with Crippen molar-refractivity contribution in [2.45, 2.75) is 6.61 Å². The second kappa shape index (κ2) is 4.91. The van der Waals surface area contributed by atoms with E-state index in [1.54, 1.807) is 25.4 Å². The minimum absolute atomic E-state index is 0.463. The van der Waals surface area contributed by atoms with E-state index in [1.807, 2.05) is 0 Å². The minimum Gasteiger partial charge on any atom is -0.378 e. The number of methoxy groups -OCH3 is 1. The Morgan fingerprint density at radius 1 is 1.50 bits per heavy atom. The average molecular weight is 234 g/mol. The first kappa shape index (κ1) is 10.8. The van der Waals surface area contributed by atoms with Crippen LogP contribution in [0.3, 0.4) is 0 Å². The van der Waals surface area contributed by atoms with Gasteiger partial charge in [0, 0.05) is 19.0 Å². The van der Waals surface area contributed by atoms with E-state index in [0.717, 1.165) is 5.69 Å². The van der Waals surface area contributed by atoms with E-state index in [0.29, 0.717) is 22.8 Å². The number of aromatic amines is 1. The Labute approximate surface area is 97.6 Å². The van der Waals surface area contributed by atoms with Crippen LogP contribution in [0.1, 0.15) is 5.69 Å². The van der Waals surface area contributed by atoms with Gasteiger partial charge in [-0.3, -0.25) is 0 Å². The summed E-state index contributed by atoms with van der Waals surface area (Å²) in [6.07, 6.45) is 3.13. The van der Waals surface area contributed by atoms with E-state index in [1.165, 1.54) is 6.33 Å². The van der Waals surface area contributed by atoms with Gasteiger partial charge in [0.15, 0.2) is 5.82 Å². The highest BCUT2D eigenvalue weighted by Gasteiger charge is 2.02. The molecular weight excluding hydrogens is 224 g/mol. The van der Waals surface area contributed by atoms with Crippen molar-refractivity contribution in [3.63, 3.8) is 0 Å². The van der Waals surface area contributed by atoms with Crippen molar-refractivity contribution in [2.75, 3.05) is 7.11 Å². The zero-order valence-electron chi connectivity index (χ0n) is 8.67. The first-order valence-corrected chi connectivity index (χ1v) is 5.06. The zero-order valence-corrected chi connectivity index (χ0v) is 9.49. The molecule has 0 unspecified atom stereocenters. The standard InChI is InChI=1S/C10H10N4OS/c1-15-5-7-4-9(16)14-10(13-7)8-2-3-11-6-12-8/h2-4,6H,5H2,1H3,(H,13,14,16). The van der Waals surface area contributed by atoms with Crippen molar-refractivity contribution >= 4 is 12.2 Å². The van der Waals surface area contributed by atoms with E-state index in [-0.39, 0.29) is 0 Å². The average Bonchev–Trinajstić information content (AvgIpc) is 2.30. The fraction of sp³-hybridized carbons (Fsp3) is 0.200. The molecule has 6 heteroatoms. The van der Waals surface area contributed by atoms with E-state index < -0.39 is 0 Å². The molecule has 2 aromatic heterocycles.